The summed E-state index contributed by atoms with van der Waals surface area (Å²) in [5.74, 6) is -0.0253. The Balaban J connectivity index is 1.73. The maximum absolute atomic E-state index is 13.0. The highest BCUT2D eigenvalue weighted by molar-refractivity contribution is 5.93. The topological polar surface area (TPSA) is 67.9 Å². The van der Waals surface area contributed by atoms with E-state index in [1.54, 1.807) is 25.1 Å². The number of rotatable bonds is 10. The lowest BCUT2D eigenvalue weighted by Crippen LogP contribution is -2.34. The van der Waals surface area contributed by atoms with Gasteiger partial charge in [0.25, 0.3) is 0 Å². The van der Waals surface area contributed by atoms with Crippen LogP contribution < -0.4 is 15.0 Å². The standard InChI is InChI=1S/C27H36N2O4/c1-4-23(21-12-8-9-13-24(21)29-16-10-7-11-17-29)28-26(30)19-20-14-15-22(27(31)33-6-3)25(18-20)32-5-2/h8-9,12-15,18,23H,4-7,10-11,16-17,19H2,1-3H3,(H,28,30). The number of nitrogens with one attached hydrogen (secondary N) is 1. The molecule has 0 aromatic heterocycles. The predicted octanol–water partition coefficient (Wildman–Crippen LogP) is 5.06. The monoisotopic (exact) mass is 452 g/mol. The Hall–Kier alpha value is -3.02. The lowest BCUT2D eigenvalue weighted by atomic mass is 9.99. The van der Waals surface area contributed by atoms with Gasteiger partial charge in [0.2, 0.25) is 5.91 Å². The van der Waals surface area contributed by atoms with Gasteiger partial charge < -0.3 is 19.7 Å². The Morgan fingerprint density at radius 2 is 1.76 bits per heavy atom. The second kappa shape index (κ2) is 12.3. The van der Waals surface area contributed by atoms with E-state index < -0.39 is 5.97 Å². The number of esters is 1. The average molecular weight is 453 g/mol. The Bertz CT molecular complexity index is 937. The molecular weight excluding hydrogens is 416 g/mol. The molecule has 1 atom stereocenters. The summed E-state index contributed by atoms with van der Waals surface area (Å²) in [6.07, 6.45) is 4.72. The van der Waals surface area contributed by atoms with Crippen LogP contribution in [-0.4, -0.2) is 38.2 Å². The molecule has 1 aliphatic rings. The van der Waals surface area contributed by atoms with E-state index in [0.29, 0.717) is 24.5 Å². The fourth-order valence-corrected chi connectivity index (χ4v) is 4.36. The average Bonchev–Trinajstić information content (AvgIpc) is 2.83. The third kappa shape index (κ3) is 6.50. The molecule has 1 heterocycles. The number of anilines is 1. The Labute approximate surface area is 197 Å². The maximum atomic E-state index is 13.0. The molecule has 1 N–H and O–H groups in total. The van der Waals surface area contributed by atoms with Gasteiger partial charge in [-0.2, -0.15) is 0 Å². The van der Waals surface area contributed by atoms with Crippen molar-refractivity contribution in [3.63, 3.8) is 0 Å². The van der Waals surface area contributed by atoms with E-state index in [0.717, 1.165) is 25.1 Å². The molecule has 0 radical (unpaired) electrons. The number of carbonyl (C=O) groups excluding carboxylic acids is 2. The van der Waals surface area contributed by atoms with E-state index >= 15 is 0 Å². The second-order valence-corrected chi connectivity index (χ2v) is 8.30. The van der Waals surface area contributed by atoms with Crippen LogP contribution in [0.3, 0.4) is 0 Å². The largest absolute Gasteiger partial charge is 0.493 e. The Kier molecular flexibility index (Phi) is 9.16. The van der Waals surface area contributed by atoms with Crippen LogP contribution in [-0.2, 0) is 16.0 Å². The van der Waals surface area contributed by atoms with E-state index in [-0.39, 0.29) is 18.4 Å². The number of amides is 1. The molecule has 6 nitrogen and oxygen atoms in total. The zero-order valence-electron chi connectivity index (χ0n) is 20.1. The lowest BCUT2D eigenvalue weighted by molar-refractivity contribution is -0.121. The second-order valence-electron chi connectivity index (χ2n) is 8.30. The van der Waals surface area contributed by atoms with Gasteiger partial charge in [0.15, 0.2) is 0 Å². The molecule has 1 aliphatic heterocycles. The minimum Gasteiger partial charge on any atom is -0.493 e. The van der Waals surface area contributed by atoms with Gasteiger partial charge in [-0.05, 0) is 68.9 Å². The van der Waals surface area contributed by atoms with Crippen molar-refractivity contribution in [2.45, 2.75) is 58.9 Å². The highest BCUT2D eigenvalue weighted by Gasteiger charge is 2.21. The Morgan fingerprint density at radius 1 is 1.00 bits per heavy atom. The van der Waals surface area contributed by atoms with Crippen LogP contribution in [0.5, 0.6) is 5.75 Å². The normalized spacial score (nSPS) is 14.5. The van der Waals surface area contributed by atoms with Gasteiger partial charge in [-0.15, -0.1) is 0 Å². The van der Waals surface area contributed by atoms with Gasteiger partial charge in [-0.3, -0.25) is 4.79 Å². The minimum atomic E-state index is -0.419. The number of nitrogens with zero attached hydrogens (tertiary/aromatic N) is 1. The molecular formula is C27H36N2O4. The van der Waals surface area contributed by atoms with Gasteiger partial charge in [-0.1, -0.05) is 31.2 Å². The fraction of sp³-hybridized carbons (Fsp3) is 0.481. The van der Waals surface area contributed by atoms with Crippen molar-refractivity contribution in [3.8, 4) is 5.75 Å². The molecule has 3 rings (SSSR count). The van der Waals surface area contributed by atoms with Crippen LogP contribution in [0, 0.1) is 0 Å². The third-order valence-electron chi connectivity index (χ3n) is 5.96. The highest BCUT2D eigenvalue weighted by Crippen LogP contribution is 2.30. The lowest BCUT2D eigenvalue weighted by Gasteiger charge is -2.32. The molecule has 33 heavy (non-hydrogen) atoms. The molecule has 1 amide bonds. The number of hydrogen-bond acceptors (Lipinski definition) is 5. The molecule has 0 saturated carbocycles. The SMILES string of the molecule is CCOC(=O)c1ccc(CC(=O)NC(CC)c2ccccc2N2CCCCC2)cc1OCC. The van der Waals surface area contributed by atoms with Crippen LogP contribution in [0.25, 0.3) is 0 Å². The number of hydrogen-bond donors (Lipinski definition) is 1. The zero-order valence-corrected chi connectivity index (χ0v) is 20.1. The summed E-state index contributed by atoms with van der Waals surface area (Å²) in [5, 5.41) is 3.22. The molecule has 0 bridgehead atoms. The van der Waals surface area contributed by atoms with Crippen LogP contribution in [0.2, 0.25) is 0 Å². The van der Waals surface area contributed by atoms with Crippen LogP contribution in [0.15, 0.2) is 42.5 Å². The number of para-hydroxylation sites is 1. The minimum absolute atomic E-state index is 0.0540. The van der Waals surface area contributed by atoms with Gasteiger partial charge in [0, 0.05) is 18.8 Å². The number of piperidine rings is 1. The molecule has 178 valence electrons. The van der Waals surface area contributed by atoms with Crippen LogP contribution in [0.4, 0.5) is 5.69 Å². The van der Waals surface area contributed by atoms with Gasteiger partial charge in [0.05, 0.1) is 25.7 Å². The summed E-state index contributed by atoms with van der Waals surface area (Å²) in [7, 11) is 0. The van der Waals surface area contributed by atoms with Crippen molar-refractivity contribution in [2.24, 2.45) is 0 Å². The smallest absolute Gasteiger partial charge is 0.341 e. The quantitative estimate of drug-likeness (QED) is 0.510. The molecule has 0 aliphatic carbocycles. The first kappa shape index (κ1) is 24.6. The number of ether oxygens (including phenoxy) is 2. The molecule has 2 aromatic rings. The summed E-state index contributed by atoms with van der Waals surface area (Å²) in [4.78, 5) is 27.6. The molecule has 6 heteroatoms. The first-order valence-corrected chi connectivity index (χ1v) is 12.1. The summed E-state index contributed by atoms with van der Waals surface area (Å²) >= 11 is 0. The molecule has 2 aromatic carbocycles. The van der Waals surface area contributed by atoms with Crippen LogP contribution >= 0.6 is 0 Å². The first-order chi connectivity index (χ1) is 16.1. The molecule has 1 unspecified atom stereocenters. The molecule has 1 fully saturated rings. The maximum Gasteiger partial charge on any atom is 0.341 e. The van der Waals surface area contributed by atoms with Gasteiger partial charge in [-0.25, -0.2) is 4.79 Å². The Morgan fingerprint density at radius 3 is 2.45 bits per heavy atom. The predicted molar refractivity (Wildman–Crippen MR) is 131 cm³/mol. The van der Waals surface area contributed by atoms with E-state index in [9.17, 15) is 9.59 Å². The number of carbonyl (C=O) groups is 2. The van der Waals surface area contributed by atoms with Gasteiger partial charge in [0.1, 0.15) is 11.3 Å². The van der Waals surface area contributed by atoms with E-state index in [4.69, 9.17) is 9.47 Å². The summed E-state index contributed by atoms with van der Waals surface area (Å²) < 4.78 is 10.8. The summed E-state index contributed by atoms with van der Waals surface area (Å²) in [5.41, 5.74) is 3.57. The summed E-state index contributed by atoms with van der Waals surface area (Å²) in [6.45, 7) is 8.58. The summed E-state index contributed by atoms with van der Waals surface area (Å²) in [6, 6.07) is 13.6. The van der Waals surface area contributed by atoms with Crippen molar-refractivity contribution in [3.05, 3.63) is 59.2 Å². The van der Waals surface area contributed by atoms with E-state index in [1.807, 2.05) is 13.0 Å². The van der Waals surface area contributed by atoms with E-state index in [2.05, 4.69) is 35.3 Å². The van der Waals surface area contributed by atoms with Crippen molar-refractivity contribution >= 4 is 17.6 Å². The van der Waals surface area contributed by atoms with Crippen LogP contribution in [0.1, 0.15) is 74.0 Å². The van der Waals surface area contributed by atoms with Crippen molar-refractivity contribution < 1.29 is 19.1 Å². The zero-order chi connectivity index (χ0) is 23.6. The fourth-order valence-electron chi connectivity index (χ4n) is 4.36. The molecule has 0 spiro atoms. The number of benzene rings is 2. The first-order valence-electron chi connectivity index (χ1n) is 12.1. The van der Waals surface area contributed by atoms with Crippen molar-refractivity contribution in [2.75, 3.05) is 31.2 Å². The highest BCUT2D eigenvalue weighted by atomic mass is 16.5. The van der Waals surface area contributed by atoms with Gasteiger partial charge >= 0.3 is 5.97 Å². The third-order valence-corrected chi connectivity index (χ3v) is 5.96. The van der Waals surface area contributed by atoms with Crippen molar-refractivity contribution in [1.29, 1.82) is 0 Å². The molecule has 1 saturated heterocycles. The van der Waals surface area contributed by atoms with E-state index in [1.165, 1.54) is 30.5 Å². The van der Waals surface area contributed by atoms with Crippen molar-refractivity contribution in [1.82, 2.24) is 5.32 Å².